The smallest absolute Gasteiger partial charge is 0.241 e. The lowest BCUT2D eigenvalue weighted by atomic mass is 9.91. The quantitative estimate of drug-likeness (QED) is 0.827. The van der Waals surface area contributed by atoms with Crippen LogP contribution < -0.4 is 4.90 Å². The maximum Gasteiger partial charge on any atom is 0.241 e. The Hall–Kier alpha value is -1.39. The van der Waals surface area contributed by atoms with E-state index >= 15 is 0 Å². The summed E-state index contributed by atoms with van der Waals surface area (Å²) < 4.78 is 0. The second-order valence-corrected chi connectivity index (χ2v) is 5.25. The number of rotatable bonds is 7. The van der Waals surface area contributed by atoms with Gasteiger partial charge in [-0.1, -0.05) is 24.6 Å². The highest BCUT2D eigenvalue weighted by molar-refractivity contribution is 5.94. The van der Waals surface area contributed by atoms with E-state index in [1.807, 2.05) is 42.2 Å². The fraction of sp³-hybridized carbons (Fsp3) is 0.562. The lowest BCUT2D eigenvalue weighted by Crippen LogP contribution is -2.48. The van der Waals surface area contributed by atoms with Crippen LogP contribution in [0.25, 0.3) is 0 Å². The number of amides is 1. The van der Waals surface area contributed by atoms with E-state index in [4.69, 9.17) is 5.11 Å². The topological polar surface area (TPSA) is 43.8 Å². The van der Waals surface area contributed by atoms with Crippen molar-refractivity contribution in [2.24, 2.45) is 0 Å². The highest BCUT2D eigenvalue weighted by Gasteiger charge is 2.27. The molecule has 0 heterocycles. The van der Waals surface area contributed by atoms with Crippen molar-refractivity contribution in [1.29, 1.82) is 0 Å². The van der Waals surface area contributed by atoms with E-state index < -0.39 is 0 Å². The molecule has 0 atom stereocenters. The summed E-state index contributed by atoms with van der Waals surface area (Å²) in [4.78, 5) is 16.4. The summed E-state index contributed by atoms with van der Waals surface area (Å²) >= 11 is 0. The van der Waals surface area contributed by atoms with Crippen LogP contribution in [0.3, 0.4) is 0 Å². The van der Waals surface area contributed by atoms with Crippen molar-refractivity contribution >= 4 is 11.6 Å². The van der Waals surface area contributed by atoms with Gasteiger partial charge in [-0.2, -0.15) is 0 Å². The van der Waals surface area contributed by atoms with E-state index in [1.165, 1.54) is 6.42 Å². The number of carbonyl (C=O) groups is 1. The predicted octanol–water partition coefficient (Wildman–Crippen LogP) is 1.89. The van der Waals surface area contributed by atoms with Crippen molar-refractivity contribution in [2.45, 2.75) is 32.2 Å². The molecule has 1 aromatic rings. The Balaban J connectivity index is 2.00. The third-order valence-electron chi connectivity index (χ3n) is 4.00. The Morgan fingerprint density at radius 2 is 2.00 bits per heavy atom. The number of anilines is 1. The van der Waals surface area contributed by atoms with Gasteiger partial charge in [0.15, 0.2) is 0 Å². The average Bonchev–Trinajstić information content (AvgIpc) is 2.39. The molecular formula is C16H24N2O2. The van der Waals surface area contributed by atoms with Crippen LogP contribution in [-0.2, 0) is 4.79 Å². The first-order valence-corrected chi connectivity index (χ1v) is 7.46. The maximum absolute atomic E-state index is 12.5. The van der Waals surface area contributed by atoms with Crippen LogP contribution in [0.4, 0.5) is 5.69 Å². The van der Waals surface area contributed by atoms with Crippen molar-refractivity contribution < 1.29 is 9.90 Å². The van der Waals surface area contributed by atoms with Gasteiger partial charge in [0.2, 0.25) is 5.91 Å². The summed E-state index contributed by atoms with van der Waals surface area (Å²) in [6, 6.07) is 10.2. The molecule has 110 valence electrons. The summed E-state index contributed by atoms with van der Waals surface area (Å²) in [5.74, 6) is 0.110. The van der Waals surface area contributed by atoms with Crippen LogP contribution in [0.2, 0.25) is 0 Å². The lowest BCUT2D eigenvalue weighted by molar-refractivity contribution is -0.120. The normalized spacial score (nSPS) is 15.2. The molecule has 4 nitrogen and oxygen atoms in total. The van der Waals surface area contributed by atoms with E-state index in [0.29, 0.717) is 25.7 Å². The molecule has 0 bridgehead atoms. The van der Waals surface area contributed by atoms with Crippen LogP contribution in [-0.4, -0.2) is 48.2 Å². The second kappa shape index (κ2) is 7.41. The van der Waals surface area contributed by atoms with E-state index in [9.17, 15) is 4.79 Å². The van der Waals surface area contributed by atoms with E-state index in [2.05, 4.69) is 4.90 Å². The average molecular weight is 276 g/mol. The molecule has 20 heavy (non-hydrogen) atoms. The summed E-state index contributed by atoms with van der Waals surface area (Å²) in [5.41, 5.74) is 0.942. The van der Waals surface area contributed by atoms with Gasteiger partial charge in [0.05, 0.1) is 13.2 Å². The van der Waals surface area contributed by atoms with Crippen LogP contribution in [0.1, 0.15) is 26.2 Å². The van der Waals surface area contributed by atoms with Gasteiger partial charge in [-0.15, -0.1) is 0 Å². The van der Waals surface area contributed by atoms with E-state index in [-0.39, 0.29) is 12.5 Å². The summed E-state index contributed by atoms with van der Waals surface area (Å²) in [7, 11) is 0. The molecule has 1 N–H and O–H groups in total. The molecule has 1 aliphatic carbocycles. The molecule has 1 fully saturated rings. The number of carbonyl (C=O) groups excluding carboxylic acids is 1. The largest absolute Gasteiger partial charge is 0.395 e. The fourth-order valence-electron chi connectivity index (χ4n) is 2.64. The first-order chi connectivity index (χ1) is 9.76. The molecule has 2 rings (SSSR count). The SMILES string of the molecule is CCN(C(=O)CN(CCO)C1CCC1)c1ccccc1. The summed E-state index contributed by atoms with van der Waals surface area (Å²) in [6.45, 7) is 3.75. The standard InChI is InChI=1S/C16H24N2O2/c1-2-18(15-7-4-3-5-8-15)16(20)13-17(11-12-19)14-9-6-10-14/h3-5,7-8,14,19H,2,6,9-13H2,1H3. The molecule has 0 saturated heterocycles. The first kappa shape index (κ1) is 15.0. The van der Waals surface area contributed by atoms with Gasteiger partial charge in [0.25, 0.3) is 0 Å². The zero-order valence-electron chi connectivity index (χ0n) is 12.2. The zero-order valence-corrected chi connectivity index (χ0v) is 12.2. The molecule has 0 spiro atoms. The Morgan fingerprint density at radius 3 is 2.50 bits per heavy atom. The molecule has 0 aromatic heterocycles. The maximum atomic E-state index is 12.5. The number of likely N-dealkylation sites (N-methyl/N-ethyl adjacent to an activating group) is 1. The van der Waals surface area contributed by atoms with Gasteiger partial charge < -0.3 is 10.0 Å². The van der Waals surface area contributed by atoms with Gasteiger partial charge in [-0.25, -0.2) is 0 Å². The Labute approximate surface area is 121 Å². The summed E-state index contributed by atoms with van der Waals surface area (Å²) in [5, 5.41) is 9.16. The summed E-state index contributed by atoms with van der Waals surface area (Å²) in [6.07, 6.45) is 3.52. The fourth-order valence-corrected chi connectivity index (χ4v) is 2.64. The van der Waals surface area contributed by atoms with Crippen molar-refractivity contribution in [3.63, 3.8) is 0 Å². The van der Waals surface area contributed by atoms with Gasteiger partial charge in [0.1, 0.15) is 0 Å². The van der Waals surface area contributed by atoms with Crippen LogP contribution in [0, 0.1) is 0 Å². The number of aliphatic hydroxyl groups is 1. The highest BCUT2D eigenvalue weighted by atomic mass is 16.3. The molecule has 0 aliphatic heterocycles. The molecule has 0 unspecified atom stereocenters. The molecule has 1 saturated carbocycles. The number of hydrogen-bond acceptors (Lipinski definition) is 3. The van der Waals surface area contributed by atoms with Crippen molar-refractivity contribution in [3.8, 4) is 0 Å². The minimum Gasteiger partial charge on any atom is -0.395 e. The molecule has 4 heteroatoms. The van der Waals surface area contributed by atoms with Gasteiger partial charge in [-0.05, 0) is 31.9 Å². The van der Waals surface area contributed by atoms with Crippen LogP contribution >= 0.6 is 0 Å². The second-order valence-electron chi connectivity index (χ2n) is 5.25. The van der Waals surface area contributed by atoms with Gasteiger partial charge in [0, 0.05) is 24.8 Å². The minimum atomic E-state index is 0.110. The first-order valence-electron chi connectivity index (χ1n) is 7.46. The Bertz CT molecular complexity index is 418. The lowest BCUT2D eigenvalue weighted by Gasteiger charge is -2.37. The van der Waals surface area contributed by atoms with Crippen molar-refractivity contribution in [3.05, 3.63) is 30.3 Å². The van der Waals surface area contributed by atoms with E-state index in [0.717, 1.165) is 18.5 Å². The highest BCUT2D eigenvalue weighted by Crippen LogP contribution is 2.24. The molecule has 0 radical (unpaired) electrons. The molecule has 1 aliphatic rings. The monoisotopic (exact) mass is 276 g/mol. The Morgan fingerprint density at radius 1 is 1.30 bits per heavy atom. The number of benzene rings is 1. The van der Waals surface area contributed by atoms with Gasteiger partial charge >= 0.3 is 0 Å². The third kappa shape index (κ3) is 3.58. The number of nitrogens with zero attached hydrogens (tertiary/aromatic N) is 2. The van der Waals surface area contributed by atoms with Gasteiger partial charge in [-0.3, -0.25) is 9.69 Å². The third-order valence-corrected chi connectivity index (χ3v) is 4.00. The van der Waals surface area contributed by atoms with Crippen LogP contribution in [0.5, 0.6) is 0 Å². The minimum absolute atomic E-state index is 0.110. The number of aliphatic hydroxyl groups excluding tert-OH is 1. The van der Waals surface area contributed by atoms with E-state index in [1.54, 1.807) is 0 Å². The molecular weight excluding hydrogens is 252 g/mol. The van der Waals surface area contributed by atoms with Crippen LogP contribution in [0.15, 0.2) is 30.3 Å². The van der Waals surface area contributed by atoms with Crippen molar-refractivity contribution in [1.82, 2.24) is 4.90 Å². The molecule has 1 aromatic carbocycles. The zero-order chi connectivity index (χ0) is 14.4. The predicted molar refractivity (Wildman–Crippen MR) is 80.8 cm³/mol. The van der Waals surface area contributed by atoms with Crippen molar-refractivity contribution in [2.75, 3.05) is 31.1 Å². The Kier molecular flexibility index (Phi) is 5.56. The number of para-hydroxylation sites is 1. The number of hydrogen-bond donors (Lipinski definition) is 1. The molecule has 1 amide bonds.